The average Bonchev–Trinajstić information content (AvgIpc) is 2.34. The molecule has 0 aromatic carbocycles. The van der Waals surface area contributed by atoms with E-state index in [0.717, 1.165) is 19.4 Å². The number of ether oxygens (including phenoxy) is 1. The van der Waals surface area contributed by atoms with E-state index < -0.39 is 8.32 Å². The Labute approximate surface area is 120 Å². The minimum absolute atomic E-state index is 0.306. The lowest BCUT2D eigenvalue weighted by Gasteiger charge is -2.38. The quantitative estimate of drug-likeness (QED) is 0.555. The van der Waals surface area contributed by atoms with Gasteiger partial charge in [-0.3, -0.25) is 0 Å². The molecule has 3 heteroatoms. The van der Waals surface area contributed by atoms with Crippen LogP contribution in [0.25, 0.3) is 0 Å². The Morgan fingerprint density at radius 1 is 1.16 bits per heavy atom. The summed E-state index contributed by atoms with van der Waals surface area (Å²) >= 11 is 0. The van der Waals surface area contributed by atoms with E-state index in [2.05, 4.69) is 39.8 Å². The molecule has 1 aliphatic carbocycles. The molecule has 0 aromatic rings. The summed E-state index contributed by atoms with van der Waals surface area (Å²) in [5.41, 5.74) is 0. The third-order valence-electron chi connectivity index (χ3n) is 4.68. The zero-order valence-corrected chi connectivity index (χ0v) is 14.3. The topological polar surface area (TPSA) is 18.5 Å². The fourth-order valence-electron chi connectivity index (χ4n) is 2.17. The first-order valence-corrected chi connectivity index (χ1v) is 10.4. The summed E-state index contributed by atoms with van der Waals surface area (Å²) in [7, 11) is -1.58. The smallest absolute Gasteiger partial charge is 0.191 e. The van der Waals surface area contributed by atoms with Crippen molar-refractivity contribution in [2.24, 2.45) is 5.92 Å². The first-order chi connectivity index (χ1) is 8.76. The van der Waals surface area contributed by atoms with Crippen molar-refractivity contribution in [2.75, 3.05) is 13.2 Å². The summed E-state index contributed by atoms with van der Waals surface area (Å²) in [5, 5.41) is 0.306. The second-order valence-electron chi connectivity index (χ2n) is 7.23. The minimum Gasteiger partial charge on any atom is -0.417 e. The molecule has 0 amide bonds. The molecular weight excluding hydrogens is 252 g/mol. The zero-order valence-electron chi connectivity index (χ0n) is 13.3. The van der Waals surface area contributed by atoms with Crippen LogP contribution in [0.5, 0.6) is 0 Å². The number of rotatable bonds is 5. The van der Waals surface area contributed by atoms with E-state index in [1.165, 1.54) is 12.8 Å². The van der Waals surface area contributed by atoms with Gasteiger partial charge in [-0.1, -0.05) is 26.7 Å². The van der Waals surface area contributed by atoms with Gasteiger partial charge < -0.3 is 9.16 Å². The number of hydrogen-bond acceptors (Lipinski definition) is 2. The molecule has 0 spiro atoms. The van der Waals surface area contributed by atoms with E-state index in [4.69, 9.17) is 15.6 Å². The van der Waals surface area contributed by atoms with E-state index in [1.54, 1.807) is 0 Å². The molecule has 1 fully saturated rings. The molecule has 19 heavy (non-hydrogen) atoms. The Kier molecular flexibility index (Phi) is 6.10. The molecular formula is C16H30O2Si. The van der Waals surface area contributed by atoms with Crippen molar-refractivity contribution in [3.63, 3.8) is 0 Å². The van der Waals surface area contributed by atoms with Gasteiger partial charge in [-0.15, -0.1) is 6.42 Å². The Morgan fingerprint density at radius 3 is 2.21 bits per heavy atom. The maximum Gasteiger partial charge on any atom is 0.191 e. The van der Waals surface area contributed by atoms with Crippen molar-refractivity contribution in [2.45, 2.75) is 70.7 Å². The van der Waals surface area contributed by atoms with Crippen molar-refractivity contribution in [1.82, 2.24) is 0 Å². The summed E-state index contributed by atoms with van der Waals surface area (Å²) in [6, 6.07) is 0. The van der Waals surface area contributed by atoms with E-state index in [9.17, 15) is 0 Å². The highest BCUT2D eigenvalue weighted by molar-refractivity contribution is 6.74. The van der Waals surface area contributed by atoms with Crippen molar-refractivity contribution in [3.05, 3.63) is 0 Å². The number of hydrogen-bond donors (Lipinski definition) is 0. The van der Waals surface area contributed by atoms with Crippen LogP contribution in [-0.4, -0.2) is 27.6 Å². The van der Waals surface area contributed by atoms with Crippen LogP contribution < -0.4 is 0 Å². The van der Waals surface area contributed by atoms with Crippen LogP contribution in [0.4, 0.5) is 0 Å². The van der Waals surface area contributed by atoms with Crippen molar-refractivity contribution < 1.29 is 9.16 Å². The molecule has 1 aliphatic rings. The average molecular weight is 283 g/mol. The second kappa shape index (κ2) is 6.92. The van der Waals surface area contributed by atoms with Crippen LogP contribution in [0.1, 0.15) is 46.5 Å². The molecule has 0 saturated heterocycles. The largest absolute Gasteiger partial charge is 0.417 e. The molecule has 0 radical (unpaired) electrons. The van der Waals surface area contributed by atoms with Gasteiger partial charge in [-0.25, -0.2) is 0 Å². The number of terminal acetylenes is 1. The van der Waals surface area contributed by atoms with Gasteiger partial charge in [-0.05, 0) is 49.7 Å². The summed E-state index contributed by atoms with van der Waals surface area (Å²) in [4.78, 5) is 0. The van der Waals surface area contributed by atoms with E-state index in [-0.39, 0.29) is 0 Å². The molecule has 0 atom stereocenters. The molecule has 0 aliphatic heterocycles. The monoisotopic (exact) mass is 282 g/mol. The maximum absolute atomic E-state index is 6.32. The molecule has 0 heterocycles. The summed E-state index contributed by atoms with van der Waals surface area (Å²) in [5.74, 6) is 3.25. The highest BCUT2D eigenvalue weighted by Gasteiger charge is 2.37. The highest BCUT2D eigenvalue weighted by Crippen LogP contribution is 2.37. The molecule has 0 unspecified atom stereocenters. The van der Waals surface area contributed by atoms with Gasteiger partial charge in [0.1, 0.15) is 6.61 Å². The first kappa shape index (κ1) is 16.8. The Hall–Kier alpha value is -0.303. The molecule has 110 valence electrons. The SMILES string of the molecule is C#CCOC1CCC(CO[Si](C)(C)C(C)(C)C)CC1. The predicted octanol–water partition coefficient (Wildman–Crippen LogP) is 4.22. The second-order valence-corrected chi connectivity index (χ2v) is 12.0. The predicted molar refractivity (Wildman–Crippen MR) is 83.7 cm³/mol. The lowest BCUT2D eigenvalue weighted by atomic mass is 9.88. The van der Waals surface area contributed by atoms with Gasteiger partial charge in [-0.2, -0.15) is 0 Å². The zero-order chi connectivity index (χ0) is 14.5. The van der Waals surface area contributed by atoms with Gasteiger partial charge in [0.15, 0.2) is 8.32 Å². The van der Waals surface area contributed by atoms with Crippen LogP contribution in [0.15, 0.2) is 0 Å². The van der Waals surface area contributed by atoms with Gasteiger partial charge >= 0.3 is 0 Å². The van der Waals surface area contributed by atoms with Crippen LogP contribution in [-0.2, 0) is 9.16 Å². The van der Waals surface area contributed by atoms with Gasteiger partial charge in [0, 0.05) is 6.61 Å². The molecule has 1 saturated carbocycles. The van der Waals surface area contributed by atoms with Crippen molar-refractivity contribution in [3.8, 4) is 12.3 Å². The fraction of sp³-hybridized carbons (Fsp3) is 0.875. The third kappa shape index (κ3) is 5.29. The van der Waals surface area contributed by atoms with Crippen molar-refractivity contribution >= 4 is 8.32 Å². The standard InChI is InChI=1S/C16H30O2Si/c1-7-12-17-15-10-8-14(9-11-15)13-18-19(5,6)16(2,3)4/h1,14-15H,8-13H2,2-6H3. The highest BCUT2D eigenvalue weighted by atomic mass is 28.4. The van der Waals surface area contributed by atoms with Crippen LogP contribution in [0.2, 0.25) is 18.1 Å². The van der Waals surface area contributed by atoms with Gasteiger partial charge in [0.05, 0.1) is 6.10 Å². The lowest BCUT2D eigenvalue weighted by Crippen LogP contribution is -2.42. The maximum atomic E-state index is 6.32. The van der Waals surface area contributed by atoms with E-state index in [0.29, 0.717) is 23.7 Å². The lowest BCUT2D eigenvalue weighted by molar-refractivity contribution is 0.0298. The Bertz CT molecular complexity index is 304. The van der Waals surface area contributed by atoms with Crippen LogP contribution in [0, 0.1) is 18.3 Å². The molecule has 1 rings (SSSR count). The summed E-state index contributed by atoms with van der Waals surface area (Å²) in [6.45, 7) is 12.9. The molecule has 0 aromatic heterocycles. The Morgan fingerprint density at radius 2 is 1.74 bits per heavy atom. The van der Waals surface area contributed by atoms with Crippen LogP contribution >= 0.6 is 0 Å². The third-order valence-corrected chi connectivity index (χ3v) is 9.18. The first-order valence-electron chi connectivity index (χ1n) is 7.45. The summed E-state index contributed by atoms with van der Waals surface area (Å²) in [6.07, 6.45) is 10.3. The molecule has 2 nitrogen and oxygen atoms in total. The summed E-state index contributed by atoms with van der Waals surface area (Å²) < 4.78 is 11.9. The van der Waals surface area contributed by atoms with Crippen LogP contribution in [0.3, 0.4) is 0 Å². The van der Waals surface area contributed by atoms with E-state index in [1.807, 2.05) is 0 Å². The van der Waals surface area contributed by atoms with E-state index >= 15 is 0 Å². The Balaban J connectivity index is 2.29. The van der Waals surface area contributed by atoms with Gasteiger partial charge in [0.2, 0.25) is 0 Å². The molecule has 0 N–H and O–H groups in total. The van der Waals surface area contributed by atoms with Crippen molar-refractivity contribution in [1.29, 1.82) is 0 Å². The normalized spacial score (nSPS) is 25.1. The minimum atomic E-state index is -1.58. The fourth-order valence-corrected chi connectivity index (χ4v) is 3.26. The van der Waals surface area contributed by atoms with Gasteiger partial charge in [0.25, 0.3) is 0 Å². The molecule has 0 bridgehead atoms.